The second-order valence-electron chi connectivity index (χ2n) is 8.33. The number of hydrogen-bond donors (Lipinski definition) is 1. The quantitative estimate of drug-likeness (QED) is 0.544. The lowest BCUT2D eigenvalue weighted by Gasteiger charge is -2.28. The van der Waals surface area contributed by atoms with Crippen molar-refractivity contribution in [2.24, 2.45) is 0 Å². The summed E-state index contributed by atoms with van der Waals surface area (Å²) in [5.41, 5.74) is 4.72. The van der Waals surface area contributed by atoms with Gasteiger partial charge in [-0.25, -0.2) is 13.2 Å². The summed E-state index contributed by atoms with van der Waals surface area (Å²) in [5, 5.41) is 2.73. The number of amides is 1. The first-order valence-electron chi connectivity index (χ1n) is 11.0. The van der Waals surface area contributed by atoms with Crippen molar-refractivity contribution in [2.75, 3.05) is 18.5 Å². The molecule has 0 unspecified atom stereocenters. The molecule has 8 heteroatoms. The van der Waals surface area contributed by atoms with Gasteiger partial charge in [0.2, 0.25) is 10.0 Å². The zero-order chi connectivity index (χ0) is 24.3. The third kappa shape index (κ3) is 5.18. The highest BCUT2D eigenvalue weighted by Gasteiger charge is 2.28. The van der Waals surface area contributed by atoms with E-state index in [1.165, 1.54) is 28.6 Å². The second kappa shape index (κ2) is 9.79. The fourth-order valence-corrected chi connectivity index (χ4v) is 5.34. The predicted molar refractivity (Wildman–Crippen MR) is 129 cm³/mol. The van der Waals surface area contributed by atoms with Crippen LogP contribution in [-0.2, 0) is 32.5 Å². The largest absolute Gasteiger partial charge is 0.452 e. The van der Waals surface area contributed by atoms with Gasteiger partial charge in [-0.1, -0.05) is 42.5 Å². The van der Waals surface area contributed by atoms with Crippen LogP contribution in [0.15, 0.2) is 71.6 Å². The molecule has 0 radical (unpaired) electrons. The molecule has 1 aliphatic rings. The van der Waals surface area contributed by atoms with Gasteiger partial charge in [0, 0.05) is 18.8 Å². The van der Waals surface area contributed by atoms with Crippen LogP contribution in [-0.4, -0.2) is 37.8 Å². The maximum absolute atomic E-state index is 13.2. The number of anilines is 1. The number of esters is 1. The molecule has 176 valence electrons. The van der Waals surface area contributed by atoms with Crippen LogP contribution in [0, 0.1) is 13.8 Å². The van der Waals surface area contributed by atoms with Crippen LogP contribution in [0.1, 0.15) is 32.6 Å². The number of carbonyl (C=O) groups excluding carboxylic acids is 2. The number of hydrogen-bond acceptors (Lipinski definition) is 5. The second-order valence-corrected chi connectivity index (χ2v) is 10.3. The van der Waals surface area contributed by atoms with Crippen LogP contribution in [0.3, 0.4) is 0 Å². The number of sulfonamides is 1. The maximum Gasteiger partial charge on any atom is 0.338 e. The summed E-state index contributed by atoms with van der Waals surface area (Å²) in [6.07, 6.45) is 0.632. The summed E-state index contributed by atoms with van der Waals surface area (Å²) in [6, 6.07) is 19.2. The smallest absolute Gasteiger partial charge is 0.338 e. The standard InChI is InChI=1S/C26H26N2O5S/c1-18-10-11-19(2)24(14-18)27-25(29)17-33-26(30)21-8-5-9-23(15-21)34(31,32)28-13-12-20-6-3-4-7-22(20)16-28/h3-11,14-15H,12-13,16-17H2,1-2H3,(H,27,29). The van der Waals surface area contributed by atoms with Crippen molar-refractivity contribution >= 4 is 27.6 Å². The van der Waals surface area contributed by atoms with E-state index in [0.717, 1.165) is 22.3 Å². The van der Waals surface area contributed by atoms with E-state index in [1.54, 1.807) is 0 Å². The van der Waals surface area contributed by atoms with Crippen molar-refractivity contribution in [1.29, 1.82) is 0 Å². The third-order valence-electron chi connectivity index (χ3n) is 5.80. The molecule has 0 fully saturated rings. The number of fused-ring (bicyclic) bond motifs is 1. The number of ether oxygens (including phenoxy) is 1. The Morgan fingerprint density at radius 3 is 2.53 bits per heavy atom. The molecule has 1 amide bonds. The Labute approximate surface area is 199 Å². The first-order chi connectivity index (χ1) is 16.2. The molecule has 0 aromatic heterocycles. The van der Waals surface area contributed by atoms with Crippen molar-refractivity contribution in [3.05, 3.63) is 94.5 Å². The first kappa shape index (κ1) is 23.7. The van der Waals surface area contributed by atoms with Crippen molar-refractivity contribution in [1.82, 2.24) is 4.31 Å². The van der Waals surface area contributed by atoms with Gasteiger partial charge in [0.25, 0.3) is 5.91 Å². The van der Waals surface area contributed by atoms with Crippen LogP contribution in [0.25, 0.3) is 0 Å². The molecule has 0 saturated carbocycles. The Hall–Kier alpha value is -3.49. The molecule has 34 heavy (non-hydrogen) atoms. The maximum atomic E-state index is 13.2. The van der Waals surface area contributed by atoms with Gasteiger partial charge in [-0.15, -0.1) is 0 Å². The fraction of sp³-hybridized carbons (Fsp3) is 0.231. The summed E-state index contributed by atoms with van der Waals surface area (Å²) in [4.78, 5) is 24.8. The highest BCUT2D eigenvalue weighted by atomic mass is 32.2. The zero-order valence-corrected chi connectivity index (χ0v) is 19.9. The lowest BCUT2D eigenvalue weighted by atomic mass is 10.0. The minimum Gasteiger partial charge on any atom is -0.452 e. The van der Waals surface area contributed by atoms with E-state index in [0.29, 0.717) is 18.7 Å². The minimum absolute atomic E-state index is 0.0150. The Bertz CT molecular complexity index is 1350. The molecule has 1 heterocycles. The van der Waals surface area contributed by atoms with E-state index in [1.807, 2.05) is 56.3 Å². The van der Waals surface area contributed by atoms with E-state index in [9.17, 15) is 18.0 Å². The van der Waals surface area contributed by atoms with Gasteiger partial charge in [0.05, 0.1) is 10.5 Å². The predicted octanol–water partition coefficient (Wildman–Crippen LogP) is 3.85. The number of carbonyl (C=O) groups is 2. The average molecular weight is 479 g/mol. The van der Waals surface area contributed by atoms with Gasteiger partial charge in [-0.05, 0) is 66.8 Å². The summed E-state index contributed by atoms with van der Waals surface area (Å²) < 4.78 is 33.0. The lowest BCUT2D eigenvalue weighted by Crippen LogP contribution is -2.36. The molecule has 0 bridgehead atoms. The van der Waals surface area contributed by atoms with Crippen molar-refractivity contribution in [2.45, 2.75) is 31.7 Å². The zero-order valence-electron chi connectivity index (χ0n) is 19.1. The minimum atomic E-state index is -3.80. The van der Waals surface area contributed by atoms with Gasteiger partial charge in [-0.3, -0.25) is 4.79 Å². The molecule has 0 atom stereocenters. The molecule has 3 aromatic carbocycles. The van der Waals surface area contributed by atoms with Crippen molar-refractivity contribution in [3.63, 3.8) is 0 Å². The normalized spacial score (nSPS) is 13.7. The molecule has 7 nitrogen and oxygen atoms in total. The van der Waals surface area contributed by atoms with Crippen LogP contribution in [0.2, 0.25) is 0 Å². The average Bonchev–Trinajstić information content (AvgIpc) is 2.84. The molecule has 1 N–H and O–H groups in total. The molecule has 3 aromatic rings. The molecular formula is C26H26N2O5S. The van der Waals surface area contributed by atoms with Gasteiger partial charge in [-0.2, -0.15) is 4.31 Å². The third-order valence-corrected chi connectivity index (χ3v) is 7.65. The van der Waals surface area contributed by atoms with Crippen LogP contribution >= 0.6 is 0 Å². The summed E-state index contributed by atoms with van der Waals surface area (Å²) in [7, 11) is -3.80. The van der Waals surface area contributed by atoms with E-state index < -0.39 is 28.5 Å². The number of benzene rings is 3. The number of aryl methyl sites for hydroxylation is 2. The van der Waals surface area contributed by atoms with Gasteiger partial charge < -0.3 is 10.1 Å². The fourth-order valence-electron chi connectivity index (χ4n) is 3.88. The van der Waals surface area contributed by atoms with Gasteiger partial charge in [0.1, 0.15) is 0 Å². The first-order valence-corrected chi connectivity index (χ1v) is 12.4. The number of nitrogens with zero attached hydrogens (tertiary/aromatic N) is 1. The van der Waals surface area contributed by atoms with E-state index in [4.69, 9.17) is 4.74 Å². The number of rotatable bonds is 6. The highest BCUT2D eigenvalue weighted by Crippen LogP contribution is 2.25. The molecule has 1 aliphatic heterocycles. The Kier molecular flexibility index (Phi) is 6.81. The van der Waals surface area contributed by atoms with E-state index >= 15 is 0 Å². The Morgan fingerprint density at radius 1 is 0.971 bits per heavy atom. The summed E-state index contributed by atoms with van der Waals surface area (Å²) in [5.74, 6) is -1.24. The Balaban J connectivity index is 1.42. The Morgan fingerprint density at radius 2 is 1.74 bits per heavy atom. The van der Waals surface area contributed by atoms with Gasteiger partial charge in [0.15, 0.2) is 6.61 Å². The molecule has 0 aliphatic carbocycles. The highest BCUT2D eigenvalue weighted by molar-refractivity contribution is 7.89. The number of nitrogens with one attached hydrogen (secondary N) is 1. The van der Waals surface area contributed by atoms with Gasteiger partial charge >= 0.3 is 5.97 Å². The molecule has 0 spiro atoms. The lowest BCUT2D eigenvalue weighted by molar-refractivity contribution is -0.119. The molecule has 4 rings (SSSR count). The monoisotopic (exact) mass is 478 g/mol. The van der Waals surface area contributed by atoms with Crippen molar-refractivity contribution < 1.29 is 22.7 Å². The topological polar surface area (TPSA) is 92.8 Å². The molecular weight excluding hydrogens is 452 g/mol. The van der Waals surface area contributed by atoms with E-state index in [2.05, 4.69) is 5.32 Å². The van der Waals surface area contributed by atoms with Crippen molar-refractivity contribution in [3.8, 4) is 0 Å². The van der Waals surface area contributed by atoms with Crippen LogP contribution in [0.5, 0.6) is 0 Å². The van der Waals surface area contributed by atoms with Crippen LogP contribution < -0.4 is 5.32 Å². The SMILES string of the molecule is Cc1ccc(C)c(NC(=O)COC(=O)c2cccc(S(=O)(=O)N3CCc4ccccc4C3)c2)c1. The van der Waals surface area contributed by atoms with Crippen LogP contribution in [0.4, 0.5) is 5.69 Å². The summed E-state index contributed by atoms with van der Waals surface area (Å²) >= 11 is 0. The molecule has 0 saturated heterocycles. The van der Waals surface area contributed by atoms with E-state index in [-0.39, 0.29) is 17.0 Å². The summed E-state index contributed by atoms with van der Waals surface area (Å²) in [6.45, 7) is 3.96.